The van der Waals surface area contributed by atoms with Crippen LogP contribution in [0.4, 0.5) is 0 Å². The molecule has 13 aromatic carbocycles. The molecule has 0 radical (unpaired) electrons. The van der Waals surface area contributed by atoms with Crippen LogP contribution in [0.2, 0.25) is 0 Å². The maximum Gasteiger partial charge on any atom is 0.345 e. The van der Waals surface area contributed by atoms with Gasteiger partial charge in [0.1, 0.15) is 11.5 Å². The van der Waals surface area contributed by atoms with Crippen molar-refractivity contribution < 1.29 is 114 Å². The molecule has 142 heavy (non-hydrogen) atoms. The van der Waals surface area contributed by atoms with Crippen LogP contribution in [-0.2, 0) is 105 Å². The average Bonchev–Trinajstić information content (AvgIpc) is 1.10. The molecule has 2 heterocycles. The molecule has 3 aliphatic carbocycles. The predicted molar refractivity (Wildman–Crippen MR) is 531 cm³/mol. The Morgan fingerprint density at radius 3 is 0.746 bits per heavy atom. The number of ether oxygens (including phenoxy) is 12. The van der Waals surface area contributed by atoms with E-state index in [0.717, 1.165) is 70.3 Å². The number of rotatable bonds is 11. The highest BCUT2D eigenvalue weighted by Gasteiger charge is 2.39. The molecule has 18 rings (SSSR count). The Kier molecular flexibility index (Phi) is 32.5. The molecule has 0 saturated heterocycles. The number of thiocarbonyl (C=S) groups is 1. The van der Waals surface area contributed by atoms with Crippen molar-refractivity contribution in [3.63, 3.8) is 0 Å². The van der Waals surface area contributed by atoms with Gasteiger partial charge in [-0.1, -0.05) is 291 Å². The normalized spacial score (nSPS) is 11.5. The summed E-state index contributed by atoms with van der Waals surface area (Å²) in [6, 6.07) is 87.8. The Morgan fingerprint density at radius 1 is 0.232 bits per heavy atom. The molecule has 0 saturated carbocycles. The molecule has 0 bridgehead atoms. The number of hydrogen-bond acceptors (Lipinski definition) is 26. The fourth-order valence-electron chi connectivity index (χ4n) is 16.6. The number of hydrogen-bond donors (Lipinski definition) is 0. The summed E-state index contributed by atoms with van der Waals surface area (Å²) >= 11 is 7.21. The summed E-state index contributed by atoms with van der Waals surface area (Å²) in [6.45, 7) is 22.3. The summed E-state index contributed by atoms with van der Waals surface area (Å²) < 4.78 is 58.5. The lowest BCUT2D eigenvalue weighted by molar-refractivity contribution is -0.145. The van der Waals surface area contributed by atoms with E-state index in [1.165, 1.54) is 78.2 Å². The van der Waals surface area contributed by atoms with Gasteiger partial charge in [0.15, 0.2) is 28.1 Å². The van der Waals surface area contributed by atoms with Crippen molar-refractivity contribution in [2.75, 3.05) is 78.2 Å². The molecule has 0 amide bonds. The summed E-state index contributed by atoms with van der Waals surface area (Å²) in [6.07, 6.45) is 0. The zero-order valence-electron chi connectivity index (χ0n) is 77.7. The van der Waals surface area contributed by atoms with E-state index in [2.05, 4.69) is 14.5 Å². The third-order valence-electron chi connectivity index (χ3n) is 22.7. The third kappa shape index (κ3) is 19.9. The van der Waals surface area contributed by atoms with Gasteiger partial charge >= 0.3 is 65.7 Å². The van der Waals surface area contributed by atoms with Gasteiger partial charge in [-0.05, 0) is 113 Å². The van der Waals surface area contributed by atoms with Crippen molar-refractivity contribution >= 4 is 161 Å². The maximum atomic E-state index is 12.7. The van der Waals surface area contributed by atoms with E-state index >= 15 is 0 Å². The van der Waals surface area contributed by atoms with Gasteiger partial charge in [0, 0.05) is 70.3 Å². The Labute approximate surface area is 822 Å². The summed E-state index contributed by atoms with van der Waals surface area (Å²) in [5.41, 5.74) is 13.5. The van der Waals surface area contributed by atoms with Crippen LogP contribution in [0.15, 0.2) is 329 Å². The highest BCUT2D eigenvalue weighted by molar-refractivity contribution is 7.99. The number of nitrogens with zero attached hydrogens (tertiary/aromatic N) is 3. The van der Waals surface area contributed by atoms with Crippen LogP contribution in [0.3, 0.4) is 0 Å². The molecule has 0 unspecified atom stereocenters. The second kappa shape index (κ2) is 45.8. The van der Waals surface area contributed by atoms with E-state index in [0.29, 0.717) is 105 Å². The van der Waals surface area contributed by atoms with Crippen LogP contribution < -0.4 is 15.2 Å². The molecular weight excluding hydrogens is 1850 g/mol. The smallest absolute Gasteiger partial charge is 0.345 e. The summed E-state index contributed by atoms with van der Waals surface area (Å²) in [7, 11) is 13.5. The Balaban J connectivity index is 0.000000144. The van der Waals surface area contributed by atoms with Crippen LogP contribution in [0.5, 0.6) is 11.5 Å². The van der Waals surface area contributed by atoms with Gasteiger partial charge in [0.05, 0.1) is 103 Å². The van der Waals surface area contributed by atoms with Crippen molar-refractivity contribution in [2.24, 2.45) is 0 Å². The number of para-hydroxylation sites is 2. The van der Waals surface area contributed by atoms with Crippen LogP contribution in [0.25, 0.3) is 86.3 Å². The third-order valence-corrected chi connectivity index (χ3v) is 24.3. The molecular formula is C113H81N3O24S2. The van der Waals surface area contributed by atoms with Gasteiger partial charge in [-0.2, -0.15) is 0 Å². The van der Waals surface area contributed by atoms with Crippen molar-refractivity contribution in [3.8, 4) is 22.6 Å². The minimum Gasteiger partial charge on any atom is -0.474 e. The number of esters is 11. The maximum absolute atomic E-state index is 12.7. The van der Waals surface area contributed by atoms with E-state index in [1.807, 2.05) is 170 Å². The lowest BCUT2D eigenvalue weighted by atomic mass is 9.79. The van der Waals surface area contributed by atoms with Crippen LogP contribution in [0, 0.1) is 19.7 Å². The lowest BCUT2D eigenvalue weighted by Gasteiger charge is -2.24. The topological polar surface area (TPSA) is 329 Å². The molecule has 704 valence electrons. The van der Waals surface area contributed by atoms with E-state index in [9.17, 15) is 57.5 Å². The Bertz CT molecular complexity index is 7550. The monoisotopic (exact) mass is 1930 g/mol. The fraction of sp³-hybridized carbons (Fsp3) is 0.0973. The zero-order valence-corrected chi connectivity index (χ0v) is 79.3. The summed E-state index contributed by atoms with van der Waals surface area (Å²) in [5, 5.41) is 2.66. The van der Waals surface area contributed by atoms with Gasteiger partial charge in [-0.15, -0.1) is 0 Å². The average molecular weight is 1930 g/mol. The first-order valence-electron chi connectivity index (χ1n) is 42.7. The number of carbonyl (C=O) groups excluding carboxylic acids is 12. The van der Waals surface area contributed by atoms with Gasteiger partial charge in [0.2, 0.25) is 0 Å². The van der Waals surface area contributed by atoms with Gasteiger partial charge in [0.25, 0.3) is 17.1 Å². The van der Waals surface area contributed by atoms with E-state index in [-0.39, 0.29) is 45.2 Å². The van der Waals surface area contributed by atoms with Gasteiger partial charge < -0.3 is 56.8 Å². The standard InChI is InChI=1S/C23H17NO6.C19H14O5.C18H11NO2S.C18H14O5.C18H14O4.C17H11NO2S/c1-24-20(23(27)30-4)18-15-11-7-5-9-13(15)17(14-10-6-8-12-16(14)18)19(21(25)28-2)22(26)29-3;1-23-18(21)16(19(22)24-2)15-11-7-3-5-9-13(11)17(20)14-10-6-4-8-12(14)15;1-19-16(18(20)21-2)15-11-7-3-5-9-13(11)17(22)14-10-6-4-8-12(14)15;1-21-17(19)16(18(20)22-2)15-11-7-3-5-9-13(11)23-14-10-6-4-8-12(14)15;1-21-17(19)16(18(20)22-2)15-13-9-5-3-7-11(13)12-8-4-6-10-14(12)15;1-18-16(17(19)20-2)15-11-7-3-5-9-13(11)21-14-10-6-4-8-12(14)15/h5-12H,2-4H3;3-10H,1-2H3;3-10H,2H3;3-10H,1-2H3;3-10H,1-2H3;3-10H,2H3. The molecule has 0 atom stereocenters. The number of methoxy groups -OCH3 is 11. The Hall–Kier alpha value is -18.6. The summed E-state index contributed by atoms with van der Waals surface area (Å²) in [4.78, 5) is 160. The van der Waals surface area contributed by atoms with Crippen LogP contribution >= 0.6 is 24.0 Å². The van der Waals surface area contributed by atoms with Crippen molar-refractivity contribution in [3.05, 3.63) is 442 Å². The van der Waals surface area contributed by atoms with Crippen LogP contribution in [0.1, 0.15) is 82.7 Å². The molecule has 0 spiro atoms. The van der Waals surface area contributed by atoms with Crippen molar-refractivity contribution in [1.29, 1.82) is 0 Å². The summed E-state index contributed by atoms with van der Waals surface area (Å²) in [5.74, 6) is -7.28. The lowest BCUT2D eigenvalue weighted by Crippen LogP contribution is -2.27. The quantitative estimate of drug-likeness (QED) is 0.0170. The first-order chi connectivity index (χ1) is 68.9. The minimum atomic E-state index is -0.854. The SMILES string of the molecule is COC(=O)C(C(=O)OC)=C1c2ccccc2-c2ccccc21.COC(=O)C(C(=O)OC)=C1c2ccccc2C(=O)c2ccccc21.COC(=O)C(C(=O)OC)=C1c2ccccc2Oc2ccccc21.[C-]#[N+]C(C(=O)OC)=C1c2ccccc2C(=S)c2ccccc21.[C-]#[N+]C(C(=O)OC)=C1c2ccccc2Sc2ccccc21.[C-]#[N+]C(C(=O)OC)=c1c2ccccc2c(=C(C(=O)OC)C(=O)OC)c2ccccc12. The molecule has 13 aromatic rings. The molecule has 2 aliphatic heterocycles. The molecule has 27 nitrogen and oxygen atoms in total. The molecule has 0 N–H and O–H groups in total. The number of carbonyl (C=O) groups is 12. The molecule has 0 aromatic heterocycles. The second-order valence-corrected chi connectivity index (χ2v) is 31.6. The first kappa shape index (κ1) is 101. The van der Waals surface area contributed by atoms with E-state index in [1.54, 1.807) is 133 Å². The zero-order chi connectivity index (χ0) is 102. The van der Waals surface area contributed by atoms with E-state index < -0.39 is 65.7 Å². The second-order valence-electron chi connectivity index (χ2n) is 30.1. The van der Waals surface area contributed by atoms with Crippen molar-refractivity contribution in [1.82, 2.24) is 0 Å². The Morgan fingerprint density at radius 2 is 0.444 bits per heavy atom. The van der Waals surface area contributed by atoms with Crippen molar-refractivity contribution in [2.45, 2.75) is 9.79 Å². The van der Waals surface area contributed by atoms with E-state index in [4.69, 9.17) is 88.8 Å². The first-order valence-corrected chi connectivity index (χ1v) is 44.0. The molecule has 29 heteroatoms. The molecule has 0 fully saturated rings. The van der Waals surface area contributed by atoms with Gasteiger partial charge in [-0.25, -0.2) is 52.9 Å². The minimum absolute atomic E-state index is 0.0232. The number of benzene rings is 13. The van der Waals surface area contributed by atoms with Crippen LogP contribution in [-0.4, -0.2) is 155 Å². The highest BCUT2D eigenvalue weighted by atomic mass is 32.2. The van der Waals surface area contributed by atoms with Gasteiger partial charge in [-0.3, -0.25) is 19.2 Å². The highest BCUT2D eigenvalue weighted by Crippen LogP contribution is 2.50. The number of ketones is 1. The number of fused-ring (bicyclic) bond motifs is 13. The fourth-order valence-corrected chi connectivity index (χ4v) is 18.1. The predicted octanol–water partition coefficient (Wildman–Crippen LogP) is 17.4. The largest absolute Gasteiger partial charge is 0.474 e. The molecule has 5 aliphatic rings.